The Morgan fingerprint density at radius 3 is 2.31 bits per heavy atom. The van der Waals surface area contributed by atoms with E-state index in [9.17, 15) is 0 Å². The second-order valence-electron chi connectivity index (χ2n) is 4.35. The third-order valence-corrected chi connectivity index (χ3v) is 2.42. The molecule has 0 atom stereocenters. The Kier molecular flexibility index (Phi) is 11.2. The van der Waals surface area contributed by atoms with Gasteiger partial charge in [-0.15, -0.1) is 0 Å². The lowest BCUT2D eigenvalue weighted by Gasteiger charge is -2.20. The highest BCUT2D eigenvalue weighted by atomic mass is 16.5. The van der Waals surface area contributed by atoms with Crippen molar-refractivity contribution in [1.29, 1.82) is 0 Å². The molecule has 0 unspecified atom stereocenters. The van der Waals surface area contributed by atoms with Crippen molar-refractivity contribution in [3.05, 3.63) is 0 Å². The van der Waals surface area contributed by atoms with Crippen LogP contribution in [0, 0.1) is 5.92 Å². The molecule has 0 bridgehead atoms. The number of hydrogen-bond donors (Lipinski definition) is 1. The maximum absolute atomic E-state index is 8.89. The van der Waals surface area contributed by atoms with E-state index in [0.29, 0.717) is 19.1 Å². The van der Waals surface area contributed by atoms with Gasteiger partial charge in [-0.1, -0.05) is 13.8 Å². The first kappa shape index (κ1) is 15.8. The van der Waals surface area contributed by atoms with Gasteiger partial charge in [0.2, 0.25) is 0 Å². The molecule has 0 aliphatic heterocycles. The molecule has 0 aliphatic carbocycles. The number of aliphatic hydroxyl groups excluding tert-OH is 1. The number of nitrogens with zero attached hydrogens (tertiary/aromatic N) is 1. The fourth-order valence-corrected chi connectivity index (χ4v) is 1.31. The third kappa shape index (κ3) is 10.4. The molecule has 0 aromatic carbocycles. The highest BCUT2D eigenvalue weighted by molar-refractivity contribution is 4.56. The Hall–Kier alpha value is -0.160. The minimum absolute atomic E-state index is 0.190. The summed E-state index contributed by atoms with van der Waals surface area (Å²) in [5.41, 5.74) is 0. The van der Waals surface area contributed by atoms with Crippen molar-refractivity contribution in [2.45, 2.75) is 20.3 Å². The number of aliphatic hydroxyl groups is 1. The van der Waals surface area contributed by atoms with Crippen LogP contribution < -0.4 is 0 Å². The molecule has 4 heteroatoms. The normalized spacial score (nSPS) is 11.6. The van der Waals surface area contributed by atoms with Gasteiger partial charge in [0.25, 0.3) is 0 Å². The van der Waals surface area contributed by atoms with Gasteiger partial charge in [-0.25, -0.2) is 0 Å². The smallest absolute Gasteiger partial charge is 0.0593 e. The zero-order valence-corrected chi connectivity index (χ0v) is 10.9. The molecule has 16 heavy (non-hydrogen) atoms. The predicted molar refractivity (Wildman–Crippen MR) is 65.7 cm³/mol. The van der Waals surface area contributed by atoms with Crippen LogP contribution in [0.25, 0.3) is 0 Å². The van der Waals surface area contributed by atoms with E-state index in [1.54, 1.807) is 7.11 Å². The van der Waals surface area contributed by atoms with Gasteiger partial charge in [-0.3, -0.25) is 4.90 Å². The van der Waals surface area contributed by atoms with Gasteiger partial charge in [0.1, 0.15) is 0 Å². The van der Waals surface area contributed by atoms with Crippen LogP contribution in [0.5, 0.6) is 0 Å². The van der Waals surface area contributed by atoms with Crippen molar-refractivity contribution < 1.29 is 14.6 Å². The molecule has 0 saturated carbocycles. The predicted octanol–water partition coefficient (Wildman–Crippen LogP) is 0.990. The van der Waals surface area contributed by atoms with Crippen LogP contribution in [-0.4, -0.2) is 63.2 Å². The molecule has 0 saturated heterocycles. The van der Waals surface area contributed by atoms with Crippen LogP contribution >= 0.6 is 0 Å². The molecule has 0 aromatic rings. The minimum atomic E-state index is 0.190. The Bertz CT molecular complexity index is 142. The lowest BCUT2D eigenvalue weighted by Crippen LogP contribution is -2.33. The van der Waals surface area contributed by atoms with Gasteiger partial charge in [0.05, 0.1) is 19.8 Å². The van der Waals surface area contributed by atoms with Gasteiger partial charge in [0, 0.05) is 33.4 Å². The van der Waals surface area contributed by atoms with E-state index in [2.05, 4.69) is 18.7 Å². The molecule has 0 aliphatic rings. The summed E-state index contributed by atoms with van der Waals surface area (Å²) in [6.07, 6.45) is 1.11. The van der Waals surface area contributed by atoms with E-state index in [4.69, 9.17) is 14.6 Å². The average Bonchev–Trinajstić information content (AvgIpc) is 2.24. The van der Waals surface area contributed by atoms with Crippen LogP contribution in [0.2, 0.25) is 0 Å². The summed E-state index contributed by atoms with van der Waals surface area (Å²) in [6.45, 7) is 9.25. The summed E-state index contributed by atoms with van der Waals surface area (Å²) >= 11 is 0. The van der Waals surface area contributed by atoms with Crippen molar-refractivity contribution in [1.82, 2.24) is 4.90 Å². The summed E-state index contributed by atoms with van der Waals surface area (Å²) in [5.74, 6) is 0.696. The molecule has 0 aromatic heterocycles. The van der Waals surface area contributed by atoms with E-state index < -0.39 is 0 Å². The van der Waals surface area contributed by atoms with Crippen LogP contribution in [0.15, 0.2) is 0 Å². The second kappa shape index (κ2) is 11.3. The first-order valence-corrected chi connectivity index (χ1v) is 6.10. The number of methoxy groups -OCH3 is 1. The molecular formula is C12H27NO3. The van der Waals surface area contributed by atoms with Crippen LogP contribution in [0.3, 0.4) is 0 Å². The van der Waals surface area contributed by atoms with Crippen molar-refractivity contribution >= 4 is 0 Å². The first-order chi connectivity index (χ1) is 7.70. The maximum atomic E-state index is 8.89. The number of rotatable bonds is 11. The largest absolute Gasteiger partial charge is 0.395 e. The van der Waals surface area contributed by atoms with Crippen LogP contribution in [-0.2, 0) is 9.47 Å². The van der Waals surface area contributed by atoms with Crippen molar-refractivity contribution in [2.24, 2.45) is 5.92 Å². The average molecular weight is 233 g/mol. The Balaban J connectivity index is 3.43. The van der Waals surface area contributed by atoms with Gasteiger partial charge >= 0.3 is 0 Å². The molecule has 4 nitrogen and oxygen atoms in total. The lowest BCUT2D eigenvalue weighted by molar-refractivity contribution is 0.0753. The summed E-state index contributed by atoms with van der Waals surface area (Å²) < 4.78 is 10.6. The van der Waals surface area contributed by atoms with Crippen LogP contribution in [0.1, 0.15) is 20.3 Å². The zero-order valence-electron chi connectivity index (χ0n) is 10.9. The van der Waals surface area contributed by atoms with Gasteiger partial charge < -0.3 is 14.6 Å². The molecule has 0 radical (unpaired) electrons. The lowest BCUT2D eigenvalue weighted by atomic mass is 10.1. The number of hydrogen-bond acceptors (Lipinski definition) is 4. The Morgan fingerprint density at radius 1 is 1.06 bits per heavy atom. The second-order valence-corrected chi connectivity index (χ2v) is 4.35. The quantitative estimate of drug-likeness (QED) is 0.540. The topological polar surface area (TPSA) is 41.9 Å². The summed E-state index contributed by atoms with van der Waals surface area (Å²) in [4.78, 5) is 2.15. The molecule has 98 valence electrons. The highest BCUT2D eigenvalue weighted by Gasteiger charge is 2.03. The fourth-order valence-electron chi connectivity index (χ4n) is 1.31. The molecule has 0 heterocycles. The minimum Gasteiger partial charge on any atom is -0.395 e. The summed E-state index contributed by atoms with van der Waals surface area (Å²) in [6, 6.07) is 0. The van der Waals surface area contributed by atoms with Gasteiger partial charge in [-0.05, 0) is 12.3 Å². The molecule has 0 rings (SSSR count). The standard InChI is InChI=1S/C12H27NO3/c1-12(2)4-9-16-11-7-13(5-8-14)6-10-15-3/h12,14H,4-11H2,1-3H3. The third-order valence-electron chi connectivity index (χ3n) is 2.42. The fraction of sp³-hybridized carbons (Fsp3) is 1.00. The van der Waals surface area contributed by atoms with E-state index >= 15 is 0 Å². The maximum Gasteiger partial charge on any atom is 0.0593 e. The Labute approximate surface area is 99.5 Å². The van der Waals surface area contributed by atoms with Crippen LogP contribution in [0.4, 0.5) is 0 Å². The Morgan fingerprint density at radius 2 is 1.75 bits per heavy atom. The van der Waals surface area contributed by atoms with Gasteiger partial charge in [-0.2, -0.15) is 0 Å². The van der Waals surface area contributed by atoms with E-state index in [0.717, 1.165) is 32.7 Å². The van der Waals surface area contributed by atoms with E-state index in [1.165, 1.54) is 0 Å². The van der Waals surface area contributed by atoms with Crippen molar-refractivity contribution in [3.8, 4) is 0 Å². The molecular weight excluding hydrogens is 206 g/mol. The zero-order chi connectivity index (χ0) is 12.2. The monoisotopic (exact) mass is 233 g/mol. The number of ether oxygens (including phenoxy) is 2. The summed E-state index contributed by atoms with van der Waals surface area (Å²) in [5, 5.41) is 8.89. The highest BCUT2D eigenvalue weighted by Crippen LogP contribution is 1.98. The van der Waals surface area contributed by atoms with Crippen molar-refractivity contribution in [2.75, 3.05) is 53.2 Å². The van der Waals surface area contributed by atoms with E-state index in [1.807, 2.05) is 0 Å². The molecule has 0 spiro atoms. The molecule has 0 fully saturated rings. The van der Waals surface area contributed by atoms with E-state index in [-0.39, 0.29) is 6.61 Å². The molecule has 0 amide bonds. The summed E-state index contributed by atoms with van der Waals surface area (Å²) in [7, 11) is 1.69. The molecule has 1 N–H and O–H groups in total. The van der Waals surface area contributed by atoms with Gasteiger partial charge in [0.15, 0.2) is 0 Å². The first-order valence-electron chi connectivity index (χ1n) is 6.10. The van der Waals surface area contributed by atoms with Crippen molar-refractivity contribution in [3.63, 3.8) is 0 Å². The SMILES string of the molecule is COCCN(CCO)CCOCCC(C)C.